The number of anilines is 1. The molecule has 2 aromatic carbocycles. The van der Waals surface area contributed by atoms with Gasteiger partial charge in [-0.2, -0.15) is 0 Å². The largest absolute Gasteiger partial charge is 0.391 e. The summed E-state index contributed by atoms with van der Waals surface area (Å²) < 4.78 is 3.47. The molecule has 37 heavy (non-hydrogen) atoms. The third-order valence-electron chi connectivity index (χ3n) is 6.48. The lowest BCUT2D eigenvalue weighted by Crippen LogP contribution is -2.32. The number of amides is 1. The number of carbonyl (C=O) groups excluding carboxylic acids is 1. The van der Waals surface area contributed by atoms with Gasteiger partial charge in [-0.15, -0.1) is 0 Å². The summed E-state index contributed by atoms with van der Waals surface area (Å²) in [7, 11) is 0. The molecule has 3 aromatic rings. The maximum Gasteiger partial charge on any atom is 0.230 e. The number of hydrogen-bond donors (Lipinski definition) is 2. The lowest BCUT2D eigenvalue weighted by atomic mass is 10.1. The Hall–Kier alpha value is -2.67. The van der Waals surface area contributed by atoms with Crippen LogP contribution in [0, 0.1) is 5.92 Å². The highest BCUT2D eigenvalue weighted by Gasteiger charge is 2.36. The molecule has 0 aliphatic heterocycles. The standard InChI is InChI=1S/C27H29N3O2S.2C2H6/c1-2-18-5-11-23(12-6-18)33-29-26-24-15-22(10-9-21(24)14-25(26)31)30(27(32)20-7-8-20)17-19-4-3-13-28-16-19;2*1-2/h3-6,9-13,15-16,20,25-26,29,31H,2,7-8,14,17H2,1H3;2*1-2H3/t25-,26?;;/m1../s1. The van der Waals surface area contributed by atoms with Crippen molar-refractivity contribution in [2.75, 3.05) is 4.90 Å². The predicted octanol–water partition coefficient (Wildman–Crippen LogP) is 6.89. The molecular formula is C31H41N3O2S. The van der Waals surface area contributed by atoms with Gasteiger partial charge >= 0.3 is 0 Å². The second-order valence-corrected chi connectivity index (χ2v) is 9.82. The minimum atomic E-state index is -0.497. The van der Waals surface area contributed by atoms with Crippen molar-refractivity contribution in [3.8, 4) is 0 Å². The zero-order valence-corrected chi connectivity index (χ0v) is 23.6. The number of benzene rings is 2. The van der Waals surface area contributed by atoms with E-state index in [9.17, 15) is 9.90 Å². The van der Waals surface area contributed by atoms with Crippen molar-refractivity contribution >= 4 is 23.5 Å². The first-order valence-electron chi connectivity index (χ1n) is 13.6. The van der Waals surface area contributed by atoms with Crippen molar-refractivity contribution in [3.63, 3.8) is 0 Å². The molecule has 1 fully saturated rings. The third-order valence-corrected chi connectivity index (χ3v) is 7.36. The fourth-order valence-corrected chi connectivity index (χ4v) is 5.18. The van der Waals surface area contributed by atoms with Crippen LogP contribution in [0.5, 0.6) is 0 Å². The Morgan fingerprint density at radius 3 is 2.41 bits per heavy atom. The minimum Gasteiger partial charge on any atom is -0.391 e. The second kappa shape index (κ2) is 14.3. The Kier molecular flexibility index (Phi) is 11.2. The Bertz CT molecular complexity index is 1120. The summed E-state index contributed by atoms with van der Waals surface area (Å²) in [5, 5.41) is 10.8. The van der Waals surface area contributed by atoms with Crippen LogP contribution in [-0.4, -0.2) is 22.1 Å². The van der Waals surface area contributed by atoms with E-state index >= 15 is 0 Å². The first-order valence-corrected chi connectivity index (χ1v) is 14.5. The Balaban J connectivity index is 0.000000907. The highest BCUT2D eigenvalue weighted by Crippen LogP contribution is 2.38. The number of carbonyl (C=O) groups is 1. The fourth-order valence-electron chi connectivity index (χ4n) is 4.36. The van der Waals surface area contributed by atoms with Gasteiger partial charge in [-0.3, -0.25) is 9.78 Å². The molecule has 0 spiro atoms. The molecule has 1 aromatic heterocycles. The summed E-state index contributed by atoms with van der Waals surface area (Å²) in [6.45, 7) is 10.6. The molecule has 2 N–H and O–H groups in total. The van der Waals surface area contributed by atoms with Crippen LogP contribution in [0.3, 0.4) is 0 Å². The molecule has 1 amide bonds. The quantitative estimate of drug-likeness (QED) is 0.317. The van der Waals surface area contributed by atoms with Gasteiger partial charge in [0.05, 0.1) is 18.7 Å². The van der Waals surface area contributed by atoms with Gasteiger partial charge in [0.15, 0.2) is 0 Å². The average molecular weight is 520 g/mol. The molecule has 2 aliphatic carbocycles. The molecular weight excluding hydrogens is 478 g/mol. The molecule has 0 bridgehead atoms. The first-order chi connectivity index (χ1) is 18.1. The zero-order chi connectivity index (χ0) is 26.8. The third kappa shape index (κ3) is 7.44. The topological polar surface area (TPSA) is 65.5 Å². The van der Waals surface area contributed by atoms with E-state index in [1.807, 2.05) is 57.0 Å². The highest BCUT2D eigenvalue weighted by molar-refractivity contribution is 7.97. The van der Waals surface area contributed by atoms with Crippen molar-refractivity contribution in [1.82, 2.24) is 9.71 Å². The summed E-state index contributed by atoms with van der Waals surface area (Å²) in [6, 6.07) is 18.4. The van der Waals surface area contributed by atoms with Crippen LogP contribution in [0.15, 0.2) is 71.9 Å². The van der Waals surface area contributed by atoms with Gasteiger partial charge in [0.25, 0.3) is 0 Å². The number of aromatic nitrogens is 1. The maximum atomic E-state index is 13.2. The molecule has 2 aliphatic rings. The van der Waals surface area contributed by atoms with Gasteiger partial charge in [0, 0.05) is 35.3 Å². The van der Waals surface area contributed by atoms with Crippen molar-refractivity contribution in [1.29, 1.82) is 0 Å². The summed E-state index contributed by atoms with van der Waals surface area (Å²) >= 11 is 1.54. The van der Waals surface area contributed by atoms with Crippen LogP contribution in [0.2, 0.25) is 0 Å². The molecule has 6 heteroatoms. The minimum absolute atomic E-state index is 0.121. The molecule has 0 saturated heterocycles. The number of nitrogens with one attached hydrogen (secondary N) is 1. The van der Waals surface area contributed by atoms with Gasteiger partial charge in [0.2, 0.25) is 5.91 Å². The Morgan fingerprint density at radius 1 is 1.05 bits per heavy atom. The van der Waals surface area contributed by atoms with Gasteiger partial charge in [-0.05, 0) is 83.8 Å². The molecule has 1 unspecified atom stereocenters. The number of aliphatic hydroxyl groups excluding tert-OH is 1. The Labute approximate surface area is 226 Å². The molecule has 5 nitrogen and oxygen atoms in total. The van der Waals surface area contributed by atoms with Crippen LogP contribution in [0.1, 0.15) is 75.8 Å². The van der Waals surface area contributed by atoms with Crippen LogP contribution in [0.25, 0.3) is 0 Å². The monoisotopic (exact) mass is 519 g/mol. The van der Waals surface area contributed by atoms with Crippen molar-refractivity contribution in [2.45, 2.75) is 83.9 Å². The van der Waals surface area contributed by atoms with Gasteiger partial charge in [-0.1, -0.05) is 58.9 Å². The highest BCUT2D eigenvalue weighted by atomic mass is 32.2. The van der Waals surface area contributed by atoms with Gasteiger partial charge in [-0.25, -0.2) is 4.72 Å². The molecule has 1 heterocycles. The van der Waals surface area contributed by atoms with E-state index < -0.39 is 6.10 Å². The van der Waals surface area contributed by atoms with Crippen LogP contribution in [-0.2, 0) is 24.2 Å². The first kappa shape index (κ1) is 28.9. The number of nitrogens with zero attached hydrogens (tertiary/aromatic N) is 2. The van der Waals surface area contributed by atoms with Crippen molar-refractivity contribution in [2.24, 2.45) is 5.92 Å². The summed E-state index contributed by atoms with van der Waals surface area (Å²) in [4.78, 5) is 20.4. The van der Waals surface area contributed by atoms with Crippen LogP contribution < -0.4 is 9.62 Å². The fraction of sp³-hybridized carbons (Fsp3) is 0.419. The smallest absolute Gasteiger partial charge is 0.230 e. The average Bonchev–Trinajstić information content (AvgIpc) is 3.76. The number of rotatable bonds is 8. The lowest BCUT2D eigenvalue weighted by molar-refractivity contribution is -0.119. The molecule has 0 radical (unpaired) electrons. The molecule has 198 valence electrons. The maximum absolute atomic E-state index is 13.2. The van der Waals surface area contributed by atoms with Gasteiger partial charge in [0.1, 0.15) is 0 Å². The number of pyridine rings is 1. The molecule has 2 atom stereocenters. The Morgan fingerprint density at radius 2 is 1.78 bits per heavy atom. The lowest BCUT2D eigenvalue weighted by Gasteiger charge is -2.25. The van der Waals surface area contributed by atoms with E-state index in [4.69, 9.17) is 0 Å². The molecule has 5 rings (SSSR count). The summed E-state index contributed by atoms with van der Waals surface area (Å²) in [5.74, 6) is 0.295. The van der Waals surface area contributed by atoms with Gasteiger partial charge < -0.3 is 10.0 Å². The summed E-state index contributed by atoms with van der Waals surface area (Å²) in [5.41, 5.74) is 5.40. The predicted molar refractivity (Wildman–Crippen MR) is 155 cm³/mol. The van der Waals surface area contributed by atoms with E-state index in [1.165, 1.54) is 5.56 Å². The van der Waals surface area contributed by atoms with E-state index in [-0.39, 0.29) is 17.9 Å². The number of hydrogen-bond acceptors (Lipinski definition) is 5. The zero-order valence-electron chi connectivity index (χ0n) is 22.8. The number of aliphatic hydroxyl groups is 1. The molecule has 1 saturated carbocycles. The van der Waals surface area contributed by atoms with Crippen LogP contribution >= 0.6 is 11.9 Å². The van der Waals surface area contributed by atoms with E-state index in [0.717, 1.165) is 46.5 Å². The normalized spacial score (nSPS) is 17.6. The van der Waals surface area contributed by atoms with E-state index in [1.54, 1.807) is 18.1 Å². The SMILES string of the molecule is CC.CC.CCc1ccc(SNC2c3cc(N(Cc4cccnc4)C(=O)C4CC4)ccc3C[C@H]2O)cc1. The van der Waals surface area contributed by atoms with Crippen molar-refractivity contribution < 1.29 is 9.90 Å². The van der Waals surface area contributed by atoms with E-state index in [2.05, 4.69) is 53.0 Å². The van der Waals surface area contributed by atoms with E-state index in [0.29, 0.717) is 13.0 Å². The number of aryl methyl sites for hydroxylation is 1. The van der Waals surface area contributed by atoms with Crippen molar-refractivity contribution in [3.05, 3.63) is 89.2 Å². The summed E-state index contributed by atoms with van der Waals surface area (Å²) in [6.07, 6.45) is 6.62. The number of fused-ring (bicyclic) bond motifs is 1. The second-order valence-electron chi connectivity index (χ2n) is 8.91. The van der Waals surface area contributed by atoms with Crippen LogP contribution in [0.4, 0.5) is 5.69 Å².